The lowest BCUT2D eigenvalue weighted by Gasteiger charge is -2.31. The molecule has 1 aliphatic heterocycles. The van der Waals surface area contributed by atoms with Crippen LogP contribution in [-0.4, -0.2) is 81.6 Å². The molecule has 0 aromatic carbocycles. The molecule has 1 saturated heterocycles. The SMILES string of the molecule is COc1cc(-c2[nH]c3ncc(C4CCN(CCS(C)(=O)=O)CC4)nc3c2C(C)C)cn2ncnc12. The second kappa shape index (κ2) is 9.19. The van der Waals surface area contributed by atoms with E-state index in [0.29, 0.717) is 23.9 Å². The lowest BCUT2D eigenvalue weighted by molar-refractivity contribution is 0.221. The van der Waals surface area contributed by atoms with E-state index in [9.17, 15) is 8.42 Å². The van der Waals surface area contributed by atoms with Gasteiger partial charge in [-0.3, -0.25) is 0 Å². The standard InChI is InChI=1S/C24H31N7O3S/c1-15(2)20-21(17-11-19(34-3)24-26-14-27-31(24)13-17)29-23-22(20)28-18(12-25-23)16-5-7-30(8-6-16)9-10-35(4,32)33/h11-16H,5-10H2,1-4H3,(H,25,29). The number of sulfone groups is 1. The minimum atomic E-state index is -2.94. The molecular weight excluding hydrogens is 466 g/mol. The van der Waals surface area contributed by atoms with Crippen molar-refractivity contribution in [1.82, 2.24) is 34.4 Å². The maximum Gasteiger partial charge on any atom is 0.197 e. The van der Waals surface area contributed by atoms with Gasteiger partial charge in [0.15, 0.2) is 17.0 Å². The highest BCUT2D eigenvalue weighted by Gasteiger charge is 2.25. The molecule has 1 aliphatic rings. The third-order valence-electron chi connectivity index (χ3n) is 6.77. The molecule has 10 nitrogen and oxygen atoms in total. The number of piperidine rings is 1. The predicted molar refractivity (Wildman–Crippen MR) is 135 cm³/mol. The van der Waals surface area contributed by atoms with Crippen molar-refractivity contribution < 1.29 is 13.2 Å². The summed E-state index contributed by atoms with van der Waals surface area (Å²) >= 11 is 0. The van der Waals surface area contributed by atoms with E-state index < -0.39 is 9.84 Å². The van der Waals surface area contributed by atoms with Crippen LogP contribution in [0.15, 0.2) is 24.8 Å². The monoisotopic (exact) mass is 497 g/mol. The summed E-state index contributed by atoms with van der Waals surface area (Å²) in [5.41, 5.74) is 6.32. The zero-order valence-corrected chi connectivity index (χ0v) is 21.3. The number of pyridine rings is 1. The highest BCUT2D eigenvalue weighted by Crippen LogP contribution is 2.37. The molecule has 4 aromatic rings. The Morgan fingerprint density at radius 2 is 2.00 bits per heavy atom. The molecule has 1 fully saturated rings. The largest absolute Gasteiger partial charge is 0.493 e. The van der Waals surface area contributed by atoms with Gasteiger partial charge < -0.3 is 14.6 Å². The third kappa shape index (κ3) is 4.74. The van der Waals surface area contributed by atoms with Crippen LogP contribution in [-0.2, 0) is 9.84 Å². The molecule has 186 valence electrons. The molecule has 0 radical (unpaired) electrons. The van der Waals surface area contributed by atoms with Gasteiger partial charge in [0.2, 0.25) is 0 Å². The second-order valence-corrected chi connectivity index (χ2v) is 11.9. The number of ether oxygens (including phenoxy) is 1. The van der Waals surface area contributed by atoms with Crippen LogP contribution in [0.2, 0.25) is 0 Å². The molecule has 0 aliphatic carbocycles. The molecule has 5 heterocycles. The average molecular weight is 498 g/mol. The van der Waals surface area contributed by atoms with Crippen molar-refractivity contribution in [2.24, 2.45) is 0 Å². The lowest BCUT2D eigenvalue weighted by atomic mass is 9.93. The summed E-state index contributed by atoms with van der Waals surface area (Å²) in [6.45, 7) is 6.65. The quantitative estimate of drug-likeness (QED) is 0.414. The van der Waals surface area contributed by atoms with Crippen LogP contribution < -0.4 is 4.74 Å². The van der Waals surface area contributed by atoms with Crippen LogP contribution in [0.25, 0.3) is 28.1 Å². The van der Waals surface area contributed by atoms with Crippen LogP contribution in [0.4, 0.5) is 0 Å². The number of nitrogens with one attached hydrogen (secondary N) is 1. The summed E-state index contributed by atoms with van der Waals surface area (Å²) in [5, 5.41) is 4.29. The number of aromatic nitrogens is 6. The van der Waals surface area contributed by atoms with Crippen molar-refractivity contribution in [2.75, 3.05) is 38.8 Å². The van der Waals surface area contributed by atoms with Gasteiger partial charge in [-0.05, 0) is 37.9 Å². The Kier molecular flexibility index (Phi) is 6.22. The van der Waals surface area contributed by atoms with E-state index in [4.69, 9.17) is 14.7 Å². The van der Waals surface area contributed by atoms with Crippen molar-refractivity contribution in [3.8, 4) is 17.0 Å². The molecule has 0 amide bonds. The van der Waals surface area contributed by atoms with Gasteiger partial charge in [0.1, 0.15) is 21.7 Å². The Morgan fingerprint density at radius 3 is 2.69 bits per heavy atom. The zero-order chi connectivity index (χ0) is 24.7. The van der Waals surface area contributed by atoms with Crippen molar-refractivity contribution in [3.63, 3.8) is 0 Å². The van der Waals surface area contributed by atoms with Crippen molar-refractivity contribution >= 4 is 26.6 Å². The number of rotatable bonds is 7. The Labute approximate surface area is 204 Å². The fraction of sp³-hybridized carbons (Fsp3) is 0.500. The van der Waals surface area contributed by atoms with Gasteiger partial charge in [-0.2, -0.15) is 5.10 Å². The minimum Gasteiger partial charge on any atom is -0.493 e. The van der Waals surface area contributed by atoms with Gasteiger partial charge in [0.25, 0.3) is 0 Å². The first-order valence-electron chi connectivity index (χ1n) is 11.9. The normalized spacial score (nSPS) is 16.0. The summed E-state index contributed by atoms with van der Waals surface area (Å²) in [5.74, 6) is 1.39. The van der Waals surface area contributed by atoms with Crippen LogP contribution in [0.5, 0.6) is 5.75 Å². The van der Waals surface area contributed by atoms with Crippen LogP contribution in [0.3, 0.4) is 0 Å². The number of fused-ring (bicyclic) bond motifs is 2. The number of hydrogen-bond donors (Lipinski definition) is 1. The van der Waals surface area contributed by atoms with Crippen LogP contribution in [0, 0.1) is 0 Å². The molecule has 0 unspecified atom stereocenters. The Hall–Kier alpha value is -3.05. The van der Waals surface area contributed by atoms with E-state index in [1.54, 1.807) is 11.6 Å². The fourth-order valence-corrected chi connectivity index (χ4v) is 5.49. The van der Waals surface area contributed by atoms with E-state index in [1.165, 1.54) is 12.6 Å². The summed E-state index contributed by atoms with van der Waals surface area (Å²) in [6, 6.07) is 1.97. The number of nitrogens with zero attached hydrogens (tertiary/aromatic N) is 6. The van der Waals surface area contributed by atoms with E-state index in [2.05, 4.69) is 33.8 Å². The first-order valence-corrected chi connectivity index (χ1v) is 14.0. The van der Waals surface area contributed by atoms with E-state index in [0.717, 1.165) is 59.6 Å². The van der Waals surface area contributed by atoms with Gasteiger partial charge in [-0.1, -0.05) is 13.8 Å². The van der Waals surface area contributed by atoms with E-state index in [-0.39, 0.29) is 11.7 Å². The second-order valence-electron chi connectivity index (χ2n) is 9.63. The number of methoxy groups -OCH3 is 1. The van der Waals surface area contributed by atoms with E-state index >= 15 is 0 Å². The maximum absolute atomic E-state index is 11.5. The predicted octanol–water partition coefficient (Wildman–Crippen LogP) is 3.02. The summed E-state index contributed by atoms with van der Waals surface area (Å²) in [6.07, 6.45) is 8.51. The average Bonchev–Trinajstić information content (AvgIpc) is 3.46. The van der Waals surface area contributed by atoms with Gasteiger partial charge in [0, 0.05) is 36.0 Å². The summed E-state index contributed by atoms with van der Waals surface area (Å²) in [4.78, 5) is 19.8. The zero-order valence-electron chi connectivity index (χ0n) is 20.5. The molecule has 1 N–H and O–H groups in total. The topological polar surface area (TPSA) is 118 Å². The first kappa shape index (κ1) is 23.7. The van der Waals surface area contributed by atoms with Gasteiger partial charge in [-0.15, -0.1) is 0 Å². The molecule has 0 atom stereocenters. The Balaban J connectivity index is 1.46. The minimum absolute atomic E-state index is 0.207. The van der Waals surface area contributed by atoms with Crippen molar-refractivity contribution in [2.45, 2.75) is 38.5 Å². The Bertz CT molecular complexity index is 1470. The molecule has 0 saturated carbocycles. The third-order valence-corrected chi connectivity index (χ3v) is 7.69. The molecule has 35 heavy (non-hydrogen) atoms. The highest BCUT2D eigenvalue weighted by molar-refractivity contribution is 7.90. The highest BCUT2D eigenvalue weighted by atomic mass is 32.2. The lowest BCUT2D eigenvalue weighted by Crippen LogP contribution is -2.36. The molecule has 11 heteroatoms. The molecule has 0 bridgehead atoms. The molecule has 4 aromatic heterocycles. The van der Waals surface area contributed by atoms with Crippen LogP contribution in [0.1, 0.15) is 49.8 Å². The van der Waals surface area contributed by atoms with Gasteiger partial charge >= 0.3 is 0 Å². The number of H-pyrrole nitrogens is 1. The Morgan fingerprint density at radius 1 is 1.23 bits per heavy atom. The van der Waals surface area contributed by atoms with Crippen LogP contribution >= 0.6 is 0 Å². The van der Waals surface area contributed by atoms with Gasteiger partial charge in [0.05, 0.1) is 30.4 Å². The van der Waals surface area contributed by atoms with Crippen molar-refractivity contribution in [1.29, 1.82) is 0 Å². The number of likely N-dealkylation sites (tertiary alicyclic amines) is 1. The van der Waals surface area contributed by atoms with Crippen molar-refractivity contribution in [3.05, 3.63) is 36.0 Å². The fourth-order valence-electron chi connectivity index (χ4n) is 4.90. The molecule has 5 rings (SSSR count). The summed E-state index contributed by atoms with van der Waals surface area (Å²) in [7, 11) is -1.32. The number of hydrogen-bond acceptors (Lipinski definition) is 8. The summed E-state index contributed by atoms with van der Waals surface area (Å²) < 4.78 is 30.3. The first-order chi connectivity index (χ1) is 16.7. The maximum atomic E-state index is 11.5. The molecular formula is C24H31N7O3S. The van der Waals surface area contributed by atoms with E-state index in [1.807, 2.05) is 18.5 Å². The smallest absolute Gasteiger partial charge is 0.197 e. The molecule has 0 spiro atoms. The number of aromatic amines is 1. The van der Waals surface area contributed by atoms with Gasteiger partial charge in [-0.25, -0.2) is 27.9 Å².